The maximum absolute atomic E-state index is 11.8. The van der Waals surface area contributed by atoms with Crippen LogP contribution in [-0.4, -0.2) is 28.1 Å². The van der Waals surface area contributed by atoms with Gasteiger partial charge in [0.05, 0.1) is 11.0 Å². The number of hydrogen-bond acceptors (Lipinski definition) is 5. The van der Waals surface area contributed by atoms with Gasteiger partial charge in [-0.25, -0.2) is 0 Å². The summed E-state index contributed by atoms with van der Waals surface area (Å²) >= 11 is 0. The Morgan fingerprint density at radius 3 is 2.33 bits per heavy atom. The van der Waals surface area contributed by atoms with E-state index in [1.165, 1.54) is 24.3 Å². The first kappa shape index (κ1) is 16.6. The molecular weight excluding hydrogens is 278 g/mol. The molecule has 1 rings (SSSR count). The van der Waals surface area contributed by atoms with Gasteiger partial charge in [-0.1, -0.05) is 19.1 Å². The van der Waals surface area contributed by atoms with Gasteiger partial charge in [-0.2, -0.15) is 0 Å². The van der Waals surface area contributed by atoms with Gasteiger partial charge in [0.2, 0.25) is 0 Å². The Morgan fingerprint density at radius 1 is 1.33 bits per heavy atom. The number of carbonyl (C=O) groups is 2. The van der Waals surface area contributed by atoms with Gasteiger partial charge in [-0.05, 0) is 25.3 Å². The highest BCUT2D eigenvalue weighted by Gasteiger charge is 2.29. The van der Waals surface area contributed by atoms with E-state index < -0.39 is 22.8 Å². The lowest BCUT2D eigenvalue weighted by molar-refractivity contribution is -0.384. The van der Waals surface area contributed by atoms with Gasteiger partial charge in [0.25, 0.3) is 5.69 Å². The third kappa shape index (κ3) is 4.87. The highest BCUT2D eigenvalue weighted by molar-refractivity contribution is 5.94. The Morgan fingerprint density at radius 2 is 1.90 bits per heavy atom. The highest BCUT2D eigenvalue weighted by Crippen LogP contribution is 2.17. The number of carboxylic acid groups (broad SMARTS) is 1. The summed E-state index contributed by atoms with van der Waals surface area (Å²) in [4.78, 5) is 33.0. The van der Waals surface area contributed by atoms with Crippen molar-refractivity contribution in [1.82, 2.24) is 0 Å². The van der Waals surface area contributed by atoms with Crippen molar-refractivity contribution in [3.63, 3.8) is 0 Å². The molecule has 0 bridgehead atoms. The SMILES string of the molecule is CCC(C)OC(=O)C(Cc1ccc([N+](=O)[O-])cc1)C(=O)O. The fourth-order valence-electron chi connectivity index (χ4n) is 1.62. The molecule has 7 heteroatoms. The zero-order valence-corrected chi connectivity index (χ0v) is 11.8. The third-order valence-corrected chi connectivity index (χ3v) is 3.06. The molecule has 0 fully saturated rings. The van der Waals surface area contributed by atoms with E-state index in [9.17, 15) is 19.7 Å². The van der Waals surface area contributed by atoms with Crippen LogP contribution in [0.1, 0.15) is 25.8 Å². The average Bonchev–Trinajstić information content (AvgIpc) is 2.44. The van der Waals surface area contributed by atoms with Crippen molar-refractivity contribution in [1.29, 1.82) is 0 Å². The minimum Gasteiger partial charge on any atom is -0.481 e. The molecular formula is C14H17NO6. The van der Waals surface area contributed by atoms with E-state index in [2.05, 4.69) is 0 Å². The fourth-order valence-corrected chi connectivity index (χ4v) is 1.62. The molecule has 0 radical (unpaired) electrons. The summed E-state index contributed by atoms with van der Waals surface area (Å²) < 4.78 is 5.03. The molecule has 0 aliphatic heterocycles. The first-order valence-corrected chi connectivity index (χ1v) is 6.51. The van der Waals surface area contributed by atoms with Crippen molar-refractivity contribution in [2.45, 2.75) is 32.8 Å². The van der Waals surface area contributed by atoms with Crippen molar-refractivity contribution in [2.24, 2.45) is 5.92 Å². The molecule has 0 aliphatic rings. The molecule has 7 nitrogen and oxygen atoms in total. The number of hydrogen-bond donors (Lipinski definition) is 1. The molecule has 0 spiro atoms. The molecule has 2 unspecified atom stereocenters. The molecule has 0 aromatic heterocycles. The monoisotopic (exact) mass is 295 g/mol. The van der Waals surface area contributed by atoms with E-state index in [1.807, 2.05) is 6.92 Å². The molecule has 0 saturated carbocycles. The summed E-state index contributed by atoms with van der Waals surface area (Å²) in [7, 11) is 0. The van der Waals surface area contributed by atoms with Gasteiger partial charge in [0.15, 0.2) is 5.92 Å². The van der Waals surface area contributed by atoms with Gasteiger partial charge >= 0.3 is 11.9 Å². The van der Waals surface area contributed by atoms with Crippen LogP contribution in [0.15, 0.2) is 24.3 Å². The minimum absolute atomic E-state index is 0.0669. The van der Waals surface area contributed by atoms with Crippen LogP contribution in [0.25, 0.3) is 0 Å². The van der Waals surface area contributed by atoms with E-state index in [4.69, 9.17) is 9.84 Å². The number of aliphatic carboxylic acids is 1. The lowest BCUT2D eigenvalue weighted by atomic mass is 9.99. The van der Waals surface area contributed by atoms with Crippen molar-refractivity contribution in [3.8, 4) is 0 Å². The Hall–Kier alpha value is -2.44. The number of rotatable bonds is 7. The second kappa shape index (κ2) is 7.37. The summed E-state index contributed by atoms with van der Waals surface area (Å²) in [6.07, 6.45) is 0.175. The molecule has 0 heterocycles. The summed E-state index contributed by atoms with van der Waals surface area (Å²) in [5.74, 6) is -3.39. The lowest BCUT2D eigenvalue weighted by Crippen LogP contribution is -2.30. The number of ether oxygens (including phenoxy) is 1. The standard InChI is InChI=1S/C14H17NO6/c1-3-9(2)21-14(18)12(13(16)17)8-10-4-6-11(7-5-10)15(19)20/h4-7,9,12H,3,8H2,1-2H3,(H,16,17). The number of nitro benzene ring substituents is 1. The maximum Gasteiger partial charge on any atom is 0.320 e. The molecule has 114 valence electrons. The number of carboxylic acids is 1. The predicted octanol–water partition coefficient (Wildman–Crippen LogP) is 2.18. The molecule has 21 heavy (non-hydrogen) atoms. The van der Waals surface area contributed by atoms with Crippen molar-refractivity contribution >= 4 is 17.6 Å². The molecule has 0 amide bonds. The Kier molecular flexibility index (Phi) is 5.83. The van der Waals surface area contributed by atoms with Crippen LogP contribution >= 0.6 is 0 Å². The number of esters is 1. The summed E-state index contributed by atoms with van der Waals surface area (Å²) in [5.41, 5.74) is 0.432. The van der Waals surface area contributed by atoms with Gasteiger partial charge in [-0.15, -0.1) is 0 Å². The Balaban J connectivity index is 2.81. The molecule has 0 saturated heterocycles. The molecule has 1 N–H and O–H groups in total. The van der Waals surface area contributed by atoms with Crippen molar-refractivity contribution in [3.05, 3.63) is 39.9 Å². The van der Waals surface area contributed by atoms with E-state index in [0.717, 1.165) is 0 Å². The first-order valence-electron chi connectivity index (χ1n) is 6.51. The average molecular weight is 295 g/mol. The summed E-state index contributed by atoms with van der Waals surface area (Å²) in [5, 5.41) is 19.7. The van der Waals surface area contributed by atoms with E-state index in [0.29, 0.717) is 12.0 Å². The molecule has 1 aromatic rings. The van der Waals surface area contributed by atoms with E-state index >= 15 is 0 Å². The summed E-state index contributed by atoms with van der Waals surface area (Å²) in [6, 6.07) is 5.41. The zero-order chi connectivity index (χ0) is 16.0. The van der Waals surface area contributed by atoms with Crippen LogP contribution in [0.3, 0.4) is 0 Å². The van der Waals surface area contributed by atoms with Gasteiger partial charge in [0, 0.05) is 12.1 Å². The maximum atomic E-state index is 11.8. The normalized spacial score (nSPS) is 13.2. The Bertz CT molecular complexity index is 525. The first-order chi connectivity index (χ1) is 9.85. The minimum atomic E-state index is -1.32. The van der Waals surface area contributed by atoms with Crippen LogP contribution < -0.4 is 0 Å². The van der Waals surface area contributed by atoms with E-state index in [-0.39, 0.29) is 18.2 Å². The van der Waals surface area contributed by atoms with Crippen LogP contribution in [0.4, 0.5) is 5.69 Å². The third-order valence-electron chi connectivity index (χ3n) is 3.06. The van der Waals surface area contributed by atoms with Gasteiger partial charge in [-0.3, -0.25) is 19.7 Å². The summed E-state index contributed by atoms with van der Waals surface area (Å²) in [6.45, 7) is 3.51. The number of benzene rings is 1. The van der Waals surface area contributed by atoms with E-state index in [1.54, 1.807) is 6.92 Å². The quantitative estimate of drug-likeness (QED) is 0.357. The second-order valence-electron chi connectivity index (χ2n) is 4.67. The van der Waals surface area contributed by atoms with Gasteiger partial charge < -0.3 is 9.84 Å². The predicted molar refractivity (Wildman–Crippen MR) is 73.8 cm³/mol. The number of nitro groups is 1. The van der Waals surface area contributed by atoms with Gasteiger partial charge in [0.1, 0.15) is 0 Å². The van der Waals surface area contributed by atoms with Crippen LogP contribution in [0.5, 0.6) is 0 Å². The largest absolute Gasteiger partial charge is 0.481 e. The second-order valence-corrected chi connectivity index (χ2v) is 4.67. The molecule has 0 aliphatic carbocycles. The number of non-ortho nitro benzene ring substituents is 1. The van der Waals surface area contributed by atoms with Crippen molar-refractivity contribution < 1.29 is 24.4 Å². The molecule has 2 atom stereocenters. The number of carbonyl (C=O) groups excluding carboxylic acids is 1. The number of nitrogens with zero attached hydrogens (tertiary/aromatic N) is 1. The lowest BCUT2D eigenvalue weighted by Gasteiger charge is -2.15. The zero-order valence-electron chi connectivity index (χ0n) is 11.8. The Labute approximate surface area is 121 Å². The fraction of sp³-hybridized carbons (Fsp3) is 0.429. The van der Waals surface area contributed by atoms with Crippen LogP contribution in [-0.2, 0) is 20.7 Å². The van der Waals surface area contributed by atoms with Crippen LogP contribution in [0.2, 0.25) is 0 Å². The van der Waals surface area contributed by atoms with Crippen molar-refractivity contribution in [2.75, 3.05) is 0 Å². The highest BCUT2D eigenvalue weighted by atomic mass is 16.6. The molecule has 1 aromatic carbocycles. The smallest absolute Gasteiger partial charge is 0.320 e. The van der Waals surface area contributed by atoms with Crippen LogP contribution in [0, 0.1) is 16.0 Å². The topological polar surface area (TPSA) is 107 Å².